The number of nitrogens with one attached hydrogen (secondary N) is 2. The highest BCUT2D eigenvalue weighted by Crippen LogP contribution is 2.18. The number of azo groups is 1. The van der Waals surface area contributed by atoms with E-state index in [2.05, 4.69) is 21.1 Å². The number of rotatable bonds is 3. The zero-order chi connectivity index (χ0) is 16.6. The first kappa shape index (κ1) is 15.6. The topological polar surface area (TPSA) is 122 Å². The Kier molecular flexibility index (Phi) is 4.09. The summed E-state index contributed by atoms with van der Waals surface area (Å²) < 4.78 is 3.23. The lowest BCUT2D eigenvalue weighted by atomic mass is 10.2. The maximum absolute atomic E-state index is 12.6. The van der Waals surface area contributed by atoms with E-state index in [1.807, 2.05) is 30.3 Å². The van der Waals surface area contributed by atoms with Gasteiger partial charge in [-0.05, 0) is 19.1 Å². The van der Waals surface area contributed by atoms with Crippen molar-refractivity contribution in [2.45, 2.75) is 25.4 Å². The number of aromatic nitrogens is 2. The molecule has 3 unspecified atom stereocenters. The van der Waals surface area contributed by atoms with Crippen molar-refractivity contribution in [2.24, 2.45) is 23.0 Å². The molecule has 1 saturated heterocycles. The Labute approximate surface area is 132 Å². The van der Waals surface area contributed by atoms with Crippen molar-refractivity contribution in [2.75, 3.05) is 0 Å². The van der Waals surface area contributed by atoms with Crippen LogP contribution in [-0.4, -0.2) is 32.9 Å². The molecule has 0 aliphatic carbocycles. The fourth-order valence-corrected chi connectivity index (χ4v) is 2.48. The zero-order valence-electron chi connectivity index (χ0n) is 12.8. The molecule has 0 amide bonds. The Hall–Kier alpha value is -2.33. The van der Waals surface area contributed by atoms with Gasteiger partial charge in [0.25, 0.3) is 5.56 Å². The Morgan fingerprint density at radius 2 is 1.96 bits per heavy atom. The highest BCUT2D eigenvalue weighted by Gasteiger charge is 2.32. The smallest absolute Gasteiger partial charge is 0.299 e. The molecule has 2 aromatic rings. The molecule has 3 rings (SSSR count). The zero-order valence-corrected chi connectivity index (χ0v) is 12.8. The number of aliphatic hydroxyl groups excluding tert-OH is 1. The lowest BCUT2D eigenvalue weighted by molar-refractivity contribution is 0.135. The standard InChI is InChI=1S/C14H19N7O2/c1-8-10(16-17-11-12(15)18-19-13(11)22)14(23)21(20(8)2)9-6-4-3-5-7-9/h3-7,11-13,18-19,22H,15H2,1-2H3. The van der Waals surface area contributed by atoms with E-state index in [-0.39, 0.29) is 11.2 Å². The minimum absolute atomic E-state index is 0.225. The summed E-state index contributed by atoms with van der Waals surface area (Å²) in [7, 11) is 1.78. The minimum Gasteiger partial charge on any atom is -0.375 e. The van der Waals surface area contributed by atoms with Gasteiger partial charge in [0.15, 0.2) is 5.69 Å². The van der Waals surface area contributed by atoms with Gasteiger partial charge in [-0.3, -0.25) is 9.48 Å². The van der Waals surface area contributed by atoms with Crippen LogP contribution in [0.4, 0.5) is 5.69 Å². The maximum Gasteiger partial charge on any atom is 0.299 e. The highest BCUT2D eigenvalue weighted by molar-refractivity contribution is 5.43. The highest BCUT2D eigenvalue weighted by atomic mass is 16.3. The molecule has 5 N–H and O–H groups in total. The summed E-state index contributed by atoms with van der Waals surface area (Å²) in [5.74, 6) is 0. The van der Waals surface area contributed by atoms with Crippen molar-refractivity contribution in [3.8, 4) is 5.69 Å². The molecule has 1 aromatic carbocycles. The third-order valence-electron chi connectivity index (χ3n) is 3.90. The first-order valence-corrected chi connectivity index (χ1v) is 7.20. The van der Waals surface area contributed by atoms with Crippen LogP contribution in [0.2, 0.25) is 0 Å². The molecule has 0 bridgehead atoms. The van der Waals surface area contributed by atoms with Gasteiger partial charge in [-0.2, -0.15) is 5.11 Å². The number of para-hydroxylation sites is 1. The first-order valence-electron chi connectivity index (χ1n) is 7.20. The monoisotopic (exact) mass is 317 g/mol. The van der Waals surface area contributed by atoms with E-state index in [0.29, 0.717) is 5.69 Å². The van der Waals surface area contributed by atoms with Crippen LogP contribution < -0.4 is 22.1 Å². The SMILES string of the molecule is Cc1c(N=NC2C(N)NNC2O)c(=O)n(-c2ccccc2)n1C. The number of aliphatic hydroxyl groups is 1. The predicted octanol–water partition coefficient (Wildman–Crippen LogP) is -0.352. The quantitative estimate of drug-likeness (QED) is 0.576. The largest absolute Gasteiger partial charge is 0.375 e. The van der Waals surface area contributed by atoms with Gasteiger partial charge in [0, 0.05) is 7.05 Å². The molecule has 122 valence electrons. The van der Waals surface area contributed by atoms with Gasteiger partial charge in [-0.25, -0.2) is 15.5 Å². The van der Waals surface area contributed by atoms with Crippen LogP contribution in [0.1, 0.15) is 5.69 Å². The van der Waals surface area contributed by atoms with Crippen molar-refractivity contribution >= 4 is 5.69 Å². The summed E-state index contributed by atoms with van der Waals surface area (Å²) in [4.78, 5) is 12.6. The lowest BCUT2D eigenvalue weighted by Gasteiger charge is -2.09. The second-order valence-electron chi connectivity index (χ2n) is 5.38. The van der Waals surface area contributed by atoms with Gasteiger partial charge in [0.2, 0.25) is 0 Å². The summed E-state index contributed by atoms with van der Waals surface area (Å²) in [6.07, 6.45) is -1.52. The average Bonchev–Trinajstić information content (AvgIpc) is 2.97. The first-order chi connectivity index (χ1) is 11.0. The van der Waals surface area contributed by atoms with Crippen LogP contribution >= 0.6 is 0 Å². The minimum atomic E-state index is -0.950. The van der Waals surface area contributed by atoms with Gasteiger partial charge >= 0.3 is 0 Å². The van der Waals surface area contributed by atoms with E-state index in [4.69, 9.17) is 5.73 Å². The Bertz CT molecular complexity index is 770. The average molecular weight is 317 g/mol. The van der Waals surface area contributed by atoms with E-state index in [9.17, 15) is 9.90 Å². The molecule has 0 radical (unpaired) electrons. The molecule has 3 atom stereocenters. The molecular weight excluding hydrogens is 298 g/mol. The molecule has 1 aliphatic heterocycles. The summed E-state index contributed by atoms with van der Waals surface area (Å²) in [5.41, 5.74) is 12.3. The number of hydrogen-bond donors (Lipinski definition) is 4. The molecule has 1 aromatic heterocycles. The molecule has 23 heavy (non-hydrogen) atoms. The second-order valence-corrected chi connectivity index (χ2v) is 5.38. The lowest BCUT2D eigenvalue weighted by Crippen LogP contribution is -2.40. The van der Waals surface area contributed by atoms with E-state index >= 15 is 0 Å². The second kappa shape index (κ2) is 6.05. The van der Waals surface area contributed by atoms with Gasteiger partial charge in [0.1, 0.15) is 12.3 Å². The number of hydrazine groups is 1. The number of nitrogens with zero attached hydrogens (tertiary/aromatic N) is 4. The summed E-state index contributed by atoms with van der Waals surface area (Å²) >= 11 is 0. The number of nitrogens with two attached hydrogens (primary N) is 1. The van der Waals surface area contributed by atoms with Crippen molar-refractivity contribution in [3.05, 3.63) is 46.4 Å². The van der Waals surface area contributed by atoms with Gasteiger partial charge in [-0.1, -0.05) is 18.2 Å². The summed E-state index contributed by atoms with van der Waals surface area (Å²) in [6, 6.07) is 8.61. The Balaban J connectivity index is 2.00. The van der Waals surface area contributed by atoms with E-state index in [0.717, 1.165) is 5.69 Å². The predicted molar refractivity (Wildman–Crippen MR) is 84.3 cm³/mol. The number of benzene rings is 1. The fraction of sp³-hybridized carbons (Fsp3) is 0.357. The van der Waals surface area contributed by atoms with Crippen molar-refractivity contribution in [3.63, 3.8) is 0 Å². The third kappa shape index (κ3) is 2.70. The molecule has 0 spiro atoms. The fourth-order valence-electron chi connectivity index (χ4n) is 2.48. The third-order valence-corrected chi connectivity index (χ3v) is 3.90. The Morgan fingerprint density at radius 3 is 2.57 bits per heavy atom. The summed E-state index contributed by atoms with van der Waals surface area (Å²) in [5, 5.41) is 17.8. The van der Waals surface area contributed by atoms with Crippen LogP contribution in [0, 0.1) is 6.92 Å². The maximum atomic E-state index is 12.6. The molecule has 2 heterocycles. The van der Waals surface area contributed by atoms with Crippen LogP contribution in [0.5, 0.6) is 0 Å². The summed E-state index contributed by atoms with van der Waals surface area (Å²) in [6.45, 7) is 1.79. The molecular formula is C14H19N7O2. The van der Waals surface area contributed by atoms with Crippen LogP contribution in [0.15, 0.2) is 45.4 Å². The van der Waals surface area contributed by atoms with Crippen molar-refractivity contribution in [1.29, 1.82) is 0 Å². The Morgan fingerprint density at radius 1 is 1.26 bits per heavy atom. The molecule has 9 nitrogen and oxygen atoms in total. The van der Waals surface area contributed by atoms with E-state index in [1.165, 1.54) is 4.68 Å². The molecule has 0 saturated carbocycles. The van der Waals surface area contributed by atoms with Crippen LogP contribution in [0.3, 0.4) is 0 Å². The number of hydrogen-bond acceptors (Lipinski definition) is 7. The van der Waals surface area contributed by atoms with Gasteiger partial charge < -0.3 is 10.8 Å². The van der Waals surface area contributed by atoms with Crippen LogP contribution in [-0.2, 0) is 7.05 Å². The van der Waals surface area contributed by atoms with E-state index < -0.39 is 18.4 Å². The van der Waals surface area contributed by atoms with Crippen molar-refractivity contribution < 1.29 is 5.11 Å². The van der Waals surface area contributed by atoms with Gasteiger partial charge in [-0.15, -0.1) is 5.11 Å². The van der Waals surface area contributed by atoms with Gasteiger partial charge in [0.05, 0.1) is 17.5 Å². The molecule has 9 heteroatoms. The molecule has 1 fully saturated rings. The van der Waals surface area contributed by atoms with Crippen molar-refractivity contribution in [1.82, 2.24) is 20.2 Å². The van der Waals surface area contributed by atoms with E-state index in [1.54, 1.807) is 18.7 Å². The van der Waals surface area contributed by atoms with Crippen LogP contribution in [0.25, 0.3) is 5.69 Å². The normalized spacial score (nSPS) is 24.6. The molecule has 1 aliphatic rings.